The van der Waals surface area contributed by atoms with Crippen LogP contribution in [-0.2, 0) is 14.3 Å². The molecule has 0 aromatic carbocycles. The Balaban J connectivity index is 3.45. The highest BCUT2D eigenvalue weighted by molar-refractivity contribution is 5.69. The Bertz CT molecular complexity index is 251. The van der Waals surface area contributed by atoms with Crippen LogP contribution in [-0.4, -0.2) is 50.3 Å². The van der Waals surface area contributed by atoms with E-state index in [-0.39, 0.29) is 5.97 Å². The molecule has 4 nitrogen and oxygen atoms in total. The van der Waals surface area contributed by atoms with E-state index >= 15 is 0 Å². The van der Waals surface area contributed by atoms with Crippen molar-refractivity contribution < 1.29 is 14.3 Å². The second-order valence-corrected chi connectivity index (χ2v) is 3.42. The summed E-state index contributed by atoms with van der Waals surface area (Å²) in [7, 11) is 0. The third-order valence-electron chi connectivity index (χ3n) is 2.25. The van der Waals surface area contributed by atoms with Gasteiger partial charge in [-0.3, -0.25) is 9.69 Å². The molecular formula is C13H23NO3. The van der Waals surface area contributed by atoms with Gasteiger partial charge in [0.1, 0.15) is 6.61 Å². The van der Waals surface area contributed by atoms with E-state index in [1.54, 1.807) is 6.92 Å². The summed E-state index contributed by atoms with van der Waals surface area (Å²) in [5.74, 6) is 5.74. The zero-order valence-electron chi connectivity index (χ0n) is 11.1. The standard InChI is InChI=1S/C13H23NO3/c1-4-14(5-2)10-7-8-11-16-12-9-13(15)17-6-3/h4-6,9-12H2,1-3H3. The molecule has 0 spiro atoms. The van der Waals surface area contributed by atoms with Crippen LogP contribution in [0.5, 0.6) is 0 Å². The molecule has 0 radical (unpaired) electrons. The van der Waals surface area contributed by atoms with Gasteiger partial charge in [0.2, 0.25) is 0 Å². The van der Waals surface area contributed by atoms with Gasteiger partial charge in [0.05, 0.1) is 26.2 Å². The molecule has 0 aliphatic carbocycles. The number of esters is 1. The van der Waals surface area contributed by atoms with E-state index in [1.165, 1.54) is 0 Å². The first-order valence-corrected chi connectivity index (χ1v) is 6.15. The molecule has 0 fully saturated rings. The smallest absolute Gasteiger partial charge is 0.308 e. The fraction of sp³-hybridized carbons (Fsp3) is 0.769. The number of carbonyl (C=O) groups is 1. The van der Waals surface area contributed by atoms with Crippen molar-refractivity contribution in [2.45, 2.75) is 27.2 Å². The van der Waals surface area contributed by atoms with Gasteiger partial charge in [0, 0.05) is 0 Å². The predicted octanol–water partition coefficient (Wildman–Crippen LogP) is 1.30. The van der Waals surface area contributed by atoms with Crippen molar-refractivity contribution in [3.8, 4) is 11.8 Å². The number of hydrogen-bond acceptors (Lipinski definition) is 4. The highest BCUT2D eigenvalue weighted by atomic mass is 16.5. The first-order valence-electron chi connectivity index (χ1n) is 6.15. The molecule has 0 heterocycles. The van der Waals surface area contributed by atoms with Crippen LogP contribution in [0.3, 0.4) is 0 Å². The summed E-state index contributed by atoms with van der Waals surface area (Å²) >= 11 is 0. The van der Waals surface area contributed by atoms with Crippen molar-refractivity contribution >= 4 is 5.97 Å². The molecule has 0 bridgehead atoms. The molecule has 4 heteroatoms. The van der Waals surface area contributed by atoms with Gasteiger partial charge in [0.15, 0.2) is 0 Å². The summed E-state index contributed by atoms with van der Waals surface area (Å²) in [6.45, 7) is 9.97. The molecule has 98 valence electrons. The van der Waals surface area contributed by atoms with Crippen molar-refractivity contribution in [1.82, 2.24) is 4.90 Å². The van der Waals surface area contributed by atoms with Crippen molar-refractivity contribution in [2.75, 3.05) is 39.5 Å². The first-order chi connectivity index (χ1) is 8.24. The lowest BCUT2D eigenvalue weighted by atomic mass is 10.4. The molecule has 0 amide bonds. The van der Waals surface area contributed by atoms with Gasteiger partial charge in [0.25, 0.3) is 0 Å². The maximum absolute atomic E-state index is 11.0. The highest BCUT2D eigenvalue weighted by Gasteiger charge is 1.99. The third kappa shape index (κ3) is 9.86. The van der Waals surface area contributed by atoms with Crippen molar-refractivity contribution in [1.29, 1.82) is 0 Å². The zero-order chi connectivity index (χ0) is 12.9. The topological polar surface area (TPSA) is 38.8 Å². The zero-order valence-corrected chi connectivity index (χ0v) is 11.1. The second-order valence-electron chi connectivity index (χ2n) is 3.42. The maximum Gasteiger partial charge on any atom is 0.308 e. The van der Waals surface area contributed by atoms with Gasteiger partial charge >= 0.3 is 5.97 Å². The SMILES string of the molecule is CCOC(=O)CCOCC#CCN(CC)CC. The van der Waals surface area contributed by atoms with Crippen LogP contribution in [0.15, 0.2) is 0 Å². The number of hydrogen-bond donors (Lipinski definition) is 0. The molecule has 0 aliphatic heterocycles. The normalized spacial score (nSPS) is 9.88. The Morgan fingerprint density at radius 3 is 2.47 bits per heavy atom. The monoisotopic (exact) mass is 241 g/mol. The molecule has 0 N–H and O–H groups in total. The lowest BCUT2D eigenvalue weighted by Crippen LogP contribution is -2.22. The second kappa shape index (κ2) is 11.4. The molecule has 0 saturated carbocycles. The van der Waals surface area contributed by atoms with Gasteiger partial charge in [-0.1, -0.05) is 25.7 Å². The van der Waals surface area contributed by atoms with Gasteiger partial charge in [-0.05, 0) is 20.0 Å². The minimum Gasteiger partial charge on any atom is -0.466 e. The van der Waals surface area contributed by atoms with Crippen molar-refractivity contribution in [3.63, 3.8) is 0 Å². The van der Waals surface area contributed by atoms with Gasteiger partial charge in [-0.25, -0.2) is 0 Å². The van der Waals surface area contributed by atoms with E-state index in [9.17, 15) is 4.79 Å². The van der Waals surface area contributed by atoms with Crippen LogP contribution in [0.1, 0.15) is 27.2 Å². The molecule has 0 aliphatic rings. The molecule has 0 rings (SSSR count). The van der Waals surface area contributed by atoms with E-state index < -0.39 is 0 Å². The molecule has 17 heavy (non-hydrogen) atoms. The van der Waals surface area contributed by atoms with Gasteiger partial charge in [-0.15, -0.1) is 0 Å². The number of nitrogens with zero attached hydrogens (tertiary/aromatic N) is 1. The van der Waals surface area contributed by atoms with Crippen LogP contribution in [0.2, 0.25) is 0 Å². The van der Waals surface area contributed by atoms with Crippen molar-refractivity contribution in [3.05, 3.63) is 0 Å². The lowest BCUT2D eigenvalue weighted by molar-refractivity contribution is -0.144. The fourth-order valence-electron chi connectivity index (χ4n) is 1.18. The maximum atomic E-state index is 11.0. The first kappa shape index (κ1) is 16.0. The number of carbonyl (C=O) groups excluding carboxylic acids is 1. The minimum absolute atomic E-state index is 0.219. The van der Waals surface area contributed by atoms with Crippen molar-refractivity contribution in [2.24, 2.45) is 0 Å². The molecule has 0 atom stereocenters. The summed E-state index contributed by atoms with van der Waals surface area (Å²) in [5, 5.41) is 0. The Morgan fingerprint density at radius 2 is 1.88 bits per heavy atom. The van der Waals surface area contributed by atoms with E-state index in [1.807, 2.05) is 0 Å². The number of ether oxygens (including phenoxy) is 2. The van der Waals surface area contributed by atoms with E-state index in [0.29, 0.717) is 26.2 Å². The van der Waals surface area contributed by atoms with E-state index in [2.05, 4.69) is 30.6 Å². The van der Waals surface area contributed by atoms with E-state index in [4.69, 9.17) is 9.47 Å². The minimum atomic E-state index is -0.219. The average molecular weight is 241 g/mol. The average Bonchev–Trinajstić information content (AvgIpc) is 2.33. The molecule has 0 aromatic heterocycles. The van der Waals surface area contributed by atoms with Crippen LogP contribution < -0.4 is 0 Å². The molecular weight excluding hydrogens is 218 g/mol. The Morgan fingerprint density at radius 1 is 1.18 bits per heavy atom. The highest BCUT2D eigenvalue weighted by Crippen LogP contribution is 1.88. The summed E-state index contributed by atoms with van der Waals surface area (Å²) < 4.78 is 9.98. The van der Waals surface area contributed by atoms with Gasteiger partial charge in [-0.2, -0.15) is 0 Å². The van der Waals surface area contributed by atoms with Crippen LogP contribution in [0, 0.1) is 11.8 Å². The fourth-order valence-corrected chi connectivity index (χ4v) is 1.18. The molecule has 0 saturated heterocycles. The molecule has 0 unspecified atom stereocenters. The van der Waals surface area contributed by atoms with Crippen LogP contribution >= 0.6 is 0 Å². The summed E-state index contributed by atoms with van der Waals surface area (Å²) in [5.41, 5.74) is 0. The number of rotatable bonds is 8. The lowest BCUT2D eigenvalue weighted by Gasteiger charge is -2.13. The summed E-state index contributed by atoms with van der Waals surface area (Å²) in [4.78, 5) is 13.2. The van der Waals surface area contributed by atoms with E-state index in [0.717, 1.165) is 19.6 Å². The third-order valence-corrected chi connectivity index (χ3v) is 2.25. The Hall–Kier alpha value is -1.05. The largest absolute Gasteiger partial charge is 0.466 e. The summed E-state index contributed by atoms with van der Waals surface area (Å²) in [6, 6.07) is 0. The predicted molar refractivity (Wildman–Crippen MR) is 67.6 cm³/mol. The summed E-state index contributed by atoms with van der Waals surface area (Å²) in [6.07, 6.45) is 0.297. The van der Waals surface area contributed by atoms with Crippen LogP contribution in [0.25, 0.3) is 0 Å². The Labute approximate surface area is 104 Å². The van der Waals surface area contributed by atoms with Crippen LogP contribution in [0.4, 0.5) is 0 Å². The Kier molecular flexibility index (Phi) is 10.7. The molecule has 0 aromatic rings. The quantitative estimate of drug-likeness (QED) is 0.365. The van der Waals surface area contributed by atoms with Gasteiger partial charge < -0.3 is 9.47 Å².